The number of nitrogens with zero attached hydrogens (tertiary/aromatic N) is 4. The first-order valence-corrected chi connectivity index (χ1v) is 7.48. The fourth-order valence-corrected chi connectivity index (χ4v) is 2.60. The summed E-state index contributed by atoms with van der Waals surface area (Å²) < 4.78 is 39.5. The van der Waals surface area contributed by atoms with Crippen LogP contribution in [0.15, 0.2) is 30.5 Å². The highest BCUT2D eigenvalue weighted by molar-refractivity contribution is 5.92. The number of carbonyl (C=O) groups is 1. The van der Waals surface area contributed by atoms with E-state index in [2.05, 4.69) is 15.6 Å². The second-order valence-electron chi connectivity index (χ2n) is 5.65. The Balaban J connectivity index is 1.84. The summed E-state index contributed by atoms with van der Waals surface area (Å²) in [6, 6.07) is 4.74. The van der Waals surface area contributed by atoms with Crippen LogP contribution in [-0.4, -0.2) is 51.5 Å². The first-order valence-electron chi connectivity index (χ1n) is 7.48. The van der Waals surface area contributed by atoms with Gasteiger partial charge in [-0.3, -0.25) is 4.79 Å². The van der Waals surface area contributed by atoms with Crippen LogP contribution in [0.1, 0.15) is 23.0 Å². The van der Waals surface area contributed by atoms with Crippen molar-refractivity contribution in [3.63, 3.8) is 0 Å². The normalized spacial score (nSPS) is 18.7. The predicted octanol–water partition coefficient (Wildman–Crippen LogP) is 1.72. The van der Waals surface area contributed by atoms with Crippen LogP contribution in [0.25, 0.3) is 5.69 Å². The topological polar surface area (TPSA) is 63.1 Å². The maximum Gasteiger partial charge on any atom is 0.416 e. The Bertz CT molecular complexity index is 743. The molecule has 9 heteroatoms. The van der Waals surface area contributed by atoms with E-state index >= 15 is 0 Å². The Morgan fingerprint density at radius 3 is 2.88 bits per heavy atom. The van der Waals surface area contributed by atoms with Gasteiger partial charge in [0.1, 0.15) is 0 Å². The molecule has 1 atom stereocenters. The lowest BCUT2D eigenvalue weighted by Gasteiger charge is -2.33. The minimum atomic E-state index is -4.44. The monoisotopic (exact) mass is 339 g/mol. The van der Waals surface area contributed by atoms with Gasteiger partial charge in [-0.05, 0) is 25.1 Å². The number of benzene rings is 1. The van der Waals surface area contributed by atoms with E-state index < -0.39 is 11.7 Å². The zero-order chi connectivity index (χ0) is 17.3. The first kappa shape index (κ1) is 16.4. The van der Waals surface area contributed by atoms with Crippen molar-refractivity contribution in [3.8, 4) is 5.69 Å². The molecule has 1 aromatic heterocycles. The molecule has 0 aliphatic carbocycles. The van der Waals surface area contributed by atoms with E-state index in [9.17, 15) is 18.0 Å². The van der Waals surface area contributed by atoms with E-state index in [0.29, 0.717) is 19.6 Å². The Morgan fingerprint density at radius 1 is 1.38 bits per heavy atom. The van der Waals surface area contributed by atoms with Crippen molar-refractivity contribution < 1.29 is 18.0 Å². The van der Waals surface area contributed by atoms with Crippen LogP contribution < -0.4 is 5.32 Å². The number of aromatic nitrogens is 3. The molecule has 1 fully saturated rings. The molecule has 1 amide bonds. The number of carbonyl (C=O) groups excluding carboxylic acids is 1. The molecule has 0 unspecified atom stereocenters. The fraction of sp³-hybridized carbons (Fsp3) is 0.400. The molecular weight excluding hydrogens is 323 g/mol. The van der Waals surface area contributed by atoms with Gasteiger partial charge in [-0.25, -0.2) is 4.68 Å². The highest BCUT2D eigenvalue weighted by Crippen LogP contribution is 2.30. The molecule has 2 heterocycles. The van der Waals surface area contributed by atoms with Gasteiger partial charge in [-0.2, -0.15) is 13.2 Å². The number of nitrogens with one attached hydrogen (secondary N) is 1. The van der Waals surface area contributed by atoms with Crippen LogP contribution in [0.4, 0.5) is 13.2 Å². The molecule has 3 rings (SSSR count). The van der Waals surface area contributed by atoms with Crippen molar-refractivity contribution in [1.82, 2.24) is 25.2 Å². The van der Waals surface area contributed by atoms with Crippen molar-refractivity contribution >= 4 is 5.91 Å². The molecule has 0 radical (unpaired) electrons. The lowest BCUT2D eigenvalue weighted by molar-refractivity contribution is -0.137. The van der Waals surface area contributed by atoms with Gasteiger partial charge in [0, 0.05) is 25.7 Å². The average Bonchev–Trinajstić information content (AvgIpc) is 3.04. The lowest BCUT2D eigenvalue weighted by Crippen LogP contribution is -2.52. The van der Waals surface area contributed by atoms with E-state index in [0.717, 1.165) is 12.1 Å². The van der Waals surface area contributed by atoms with Crippen LogP contribution in [-0.2, 0) is 6.18 Å². The second kappa shape index (κ2) is 6.23. The Hall–Kier alpha value is -2.42. The van der Waals surface area contributed by atoms with Crippen LogP contribution in [0.2, 0.25) is 0 Å². The smallest absolute Gasteiger partial charge is 0.332 e. The Kier molecular flexibility index (Phi) is 4.27. The summed E-state index contributed by atoms with van der Waals surface area (Å²) in [5.74, 6) is -0.276. The van der Waals surface area contributed by atoms with E-state index in [4.69, 9.17) is 0 Å². The van der Waals surface area contributed by atoms with Crippen LogP contribution in [0.3, 0.4) is 0 Å². The molecule has 24 heavy (non-hydrogen) atoms. The molecule has 1 aliphatic rings. The van der Waals surface area contributed by atoms with Gasteiger partial charge in [0.05, 0.1) is 17.4 Å². The lowest BCUT2D eigenvalue weighted by atomic mass is 10.2. The Labute approximate surface area is 136 Å². The Morgan fingerprint density at radius 2 is 2.17 bits per heavy atom. The number of piperazine rings is 1. The third-order valence-corrected chi connectivity index (χ3v) is 3.91. The molecule has 0 spiro atoms. The van der Waals surface area contributed by atoms with Crippen molar-refractivity contribution in [2.45, 2.75) is 19.1 Å². The third-order valence-electron chi connectivity index (χ3n) is 3.91. The number of rotatable bonds is 2. The minimum Gasteiger partial charge on any atom is -0.332 e. The fourth-order valence-electron chi connectivity index (χ4n) is 2.60. The predicted molar refractivity (Wildman–Crippen MR) is 79.7 cm³/mol. The molecule has 1 aliphatic heterocycles. The second-order valence-corrected chi connectivity index (χ2v) is 5.65. The molecule has 128 valence electrons. The summed E-state index contributed by atoms with van der Waals surface area (Å²) in [7, 11) is 0. The summed E-state index contributed by atoms with van der Waals surface area (Å²) in [4.78, 5) is 14.2. The number of alkyl halides is 3. The summed E-state index contributed by atoms with van der Waals surface area (Å²) in [5, 5.41) is 10.8. The molecule has 1 N–H and O–H groups in total. The molecule has 1 saturated heterocycles. The zero-order valence-corrected chi connectivity index (χ0v) is 12.9. The molecule has 2 aromatic rings. The van der Waals surface area contributed by atoms with Crippen molar-refractivity contribution in [2.75, 3.05) is 19.6 Å². The standard InChI is InChI=1S/C15H16F3N5O/c1-10-8-19-5-6-22(10)14(24)13-9-23(21-20-13)12-4-2-3-11(7-12)15(16,17)18/h2-4,7,9-10,19H,5-6,8H2,1H3/t10-/m1/s1. The van der Waals surface area contributed by atoms with Gasteiger partial charge in [0.15, 0.2) is 5.69 Å². The molecule has 0 saturated carbocycles. The number of hydrogen-bond donors (Lipinski definition) is 1. The van der Waals surface area contributed by atoms with E-state index in [-0.39, 0.29) is 23.3 Å². The molecule has 1 aromatic carbocycles. The summed E-state index contributed by atoms with van der Waals surface area (Å²) >= 11 is 0. The van der Waals surface area contributed by atoms with Gasteiger partial charge >= 0.3 is 6.18 Å². The largest absolute Gasteiger partial charge is 0.416 e. The van der Waals surface area contributed by atoms with E-state index in [1.807, 2.05) is 6.92 Å². The summed E-state index contributed by atoms with van der Waals surface area (Å²) in [5.41, 5.74) is -0.468. The average molecular weight is 339 g/mol. The molecular formula is C15H16F3N5O. The van der Waals surface area contributed by atoms with Crippen LogP contribution >= 0.6 is 0 Å². The van der Waals surface area contributed by atoms with E-state index in [1.165, 1.54) is 23.0 Å². The van der Waals surface area contributed by atoms with Gasteiger partial charge in [-0.15, -0.1) is 5.10 Å². The maximum absolute atomic E-state index is 12.8. The highest BCUT2D eigenvalue weighted by Gasteiger charge is 2.31. The molecule has 6 nitrogen and oxygen atoms in total. The van der Waals surface area contributed by atoms with Crippen molar-refractivity contribution in [2.24, 2.45) is 0 Å². The van der Waals surface area contributed by atoms with Gasteiger partial charge < -0.3 is 10.2 Å². The van der Waals surface area contributed by atoms with Crippen LogP contribution in [0.5, 0.6) is 0 Å². The maximum atomic E-state index is 12.8. The van der Waals surface area contributed by atoms with Crippen molar-refractivity contribution in [1.29, 1.82) is 0 Å². The summed E-state index contributed by atoms with van der Waals surface area (Å²) in [6.07, 6.45) is -3.09. The van der Waals surface area contributed by atoms with Crippen LogP contribution in [0, 0.1) is 0 Å². The van der Waals surface area contributed by atoms with E-state index in [1.54, 1.807) is 4.90 Å². The minimum absolute atomic E-state index is 0.0185. The number of amides is 1. The highest BCUT2D eigenvalue weighted by atomic mass is 19.4. The van der Waals surface area contributed by atoms with Gasteiger partial charge in [0.2, 0.25) is 0 Å². The van der Waals surface area contributed by atoms with Gasteiger partial charge in [0.25, 0.3) is 5.91 Å². The summed E-state index contributed by atoms with van der Waals surface area (Å²) in [6.45, 7) is 3.85. The quantitative estimate of drug-likeness (QED) is 0.905. The SMILES string of the molecule is C[C@@H]1CNCCN1C(=O)c1cn(-c2cccc(C(F)(F)F)c2)nn1. The number of halogens is 3. The van der Waals surface area contributed by atoms with Gasteiger partial charge in [-0.1, -0.05) is 11.3 Å². The first-order chi connectivity index (χ1) is 11.4. The number of hydrogen-bond acceptors (Lipinski definition) is 4. The van der Waals surface area contributed by atoms with Crippen molar-refractivity contribution in [3.05, 3.63) is 41.7 Å². The third kappa shape index (κ3) is 3.25. The zero-order valence-electron chi connectivity index (χ0n) is 12.9. The molecule has 0 bridgehead atoms.